The van der Waals surface area contributed by atoms with Gasteiger partial charge < -0.3 is 10.0 Å². The van der Waals surface area contributed by atoms with E-state index >= 15 is 0 Å². The van der Waals surface area contributed by atoms with E-state index in [4.69, 9.17) is 0 Å². The number of anilines is 1. The van der Waals surface area contributed by atoms with Gasteiger partial charge in [0.05, 0.1) is 11.6 Å². The molecule has 4 rings (SSSR count). The third-order valence-corrected chi connectivity index (χ3v) is 5.62. The van der Waals surface area contributed by atoms with Crippen LogP contribution in [0.4, 0.5) is 10.6 Å². The Bertz CT molecular complexity index is 890. The minimum Gasteiger partial charge on any atom is -0.481 e. The van der Waals surface area contributed by atoms with E-state index in [1.807, 2.05) is 19.9 Å². The van der Waals surface area contributed by atoms with Crippen LogP contribution in [-0.4, -0.2) is 54.8 Å². The van der Waals surface area contributed by atoms with Crippen LogP contribution >= 0.6 is 0 Å². The Morgan fingerprint density at radius 1 is 1.30 bits per heavy atom. The summed E-state index contributed by atoms with van der Waals surface area (Å²) in [5.74, 6) is 0.0573. The summed E-state index contributed by atoms with van der Waals surface area (Å²) in [5.41, 5.74) is 0.816. The molecule has 1 aliphatic heterocycles. The second kappa shape index (κ2) is 6.33. The minimum atomic E-state index is -0.797. The van der Waals surface area contributed by atoms with E-state index in [2.05, 4.69) is 20.4 Å². The molecule has 0 unspecified atom stereocenters. The summed E-state index contributed by atoms with van der Waals surface area (Å²) in [5, 5.41) is 16.7. The molecule has 1 aliphatic carbocycles. The maximum atomic E-state index is 12.8. The molecule has 2 N–H and O–H groups in total. The highest BCUT2D eigenvalue weighted by Gasteiger charge is 2.55. The molecular weight excluding hydrogens is 348 g/mol. The van der Waals surface area contributed by atoms with Crippen LogP contribution in [0.25, 0.3) is 5.95 Å². The molecule has 3 heterocycles. The zero-order valence-corrected chi connectivity index (χ0v) is 15.3. The lowest BCUT2D eigenvalue weighted by molar-refractivity contribution is -0.149. The average molecular weight is 370 g/mol. The summed E-state index contributed by atoms with van der Waals surface area (Å²) in [6.45, 7) is 4.45. The number of aromatic nitrogens is 4. The Morgan fingerprint density at radius 3 is 2.70 bits per heavy atom. The zero-order chi connectivity index (χ0) is 19.2. The molecule has 1 saturated carbocycles. The molecule has 9 nitrogen and oxygen atoms in total. The number of carboxylic acid groups (broad SMARTS) is 1. The molecule has 0 radical (unpaired) electrons. The fraction of sp³-hybridized carbons (Fsp3) is 0.500. The lowest BCUT2D eigenvalue weighted by Crippen LogP contribution is -2.39. The number of carbonyl (C=O) groups excluding carboxylic acids is 1. The normalized spacial score (nSPS) is 24.1. The van der Waals surface area contributed by atoms with Gasteiger partial charge in [-0.3, -0.25) is 10.1 Å². The van der Waals surface area contributed by atoms with Gasteiger partial charge in [0.15, 0.2) is 0 Å². The summed E-state index contributed by atoms with van der Waals surface area (Å²) in [6.07, 6.45) is 3.95. The monoisotopic (exact) mass is 370 g/mol. The molecule has 142 valence electrons. The SMILES string of the molecule is Cc1cc(C)nc(-n2nccc2NC(=O)N2C[C@@H]3CCC[C@@]3(C(=O)O)C2)n1. The van der Waals surface area contributed by atoms with Gasteiger partial charge in [0, 0.05) is 30.5 Å². The van der Waals surface area contributed by atoms with Crippen molar-refractivity contribution in [1.82, 2.24) is 24.6 Å². The van der Waals surface area contributed by atoms with Crippen molar-refractivity contribution in [1.29, 1.82) is 0 Å². The summed E-state index contributed by atoms with van der Waals surface area (Å²) < 4.78 is 1.47. The molecule has 2 aromatic heterocycles. The number of hydrogen-bond donors (Lipinski definition) is 2. The van der Waals surface area contributed by atoms with Gasteiger partial charge in [-0.1, -0.05) is 6.42 Å². The van der Waals surface area contributed by atoms with Crippen molar-refractivity contribution in [3.63, 3.8) is 0 Å². The molecule has 2 amide bonds. The molecule has 1 saturated heterocycles. The van der Waals surface area contributed by atoms with Crippen LogP contribution in [0.5, 0.6) is 0 Å². The van der Waals surface area contributed by atoms with Crippen LogP contribution in [0.1, 0.15) is 30.7 Å². The van der Waals surface area contributed by atoms with Gasteiger partial charge >= 0.3 is 12.0 Å². The van der Waals surface area contributed by atoms with Crippen LogP contribution in [0, 0.1) is 25.2 Å². The molecule has 2 aromatic rings. The van der Waals surface area contributed by atoms with E-state index in [0.717, 1.165) is 24.2 Å². The Kier molecular flexibility index (Phi) is 4.09. The van der Waals surface area contributed by atoms with Gasteiger partial charge in [-0.25, -0.2) is 14.8 Å². The van der Waals surface area contributed by atoms with Crippen molar-refractivity contribution in [2.24, 2.45) is 11.3 Å². The molecule has 2 fully saturated rings. The fourth-order valence-corrected chi connectivity index (χ4v) is 4.34. The first-order chi connectivity index (χ1) is 12.9. The number of carbonyl (C=O) groups is 2. The van der Waals surface area contributed by atoms with Crippen molar-refractivity contribution >= 4 is 17.8 Å². The van der Waals surface area contributed by atoms with Crippen molar-refractivity contribution in [3.05, 3.63) is 29.7 Å². The number of aliphatic carboxylic acids is 1. The summed E-state index contributed by atoms with van der Waals surface area (Å²) in [7, 11) is 0. The van der Waals surface area contributed by atoms with E-state index in [0.29, 0.717) is 24.7 Å². The predicted octanol–water partition coefficient (Wildman–Crippen LogP) is 2.00. The third kappa shape index (κ3) is 2.92. The van der Waals surface area contributed by atoms with Crippen molar-refractivity contribution < 1.29 is 14.7 Å². The predicted molar refractivity (Wildman–Crippen MR) is 96.6 cm³/mol. The number of likely N-dealkylation sites (tertiary alicyclic amines) is 1. The lowest BCUT2D eigenvalue weighted by Gasteiger charge is -2.23. The maximum Gasteiger partial charge on any atom is 0.323 e. The van der Waals surface area contributed by atoms with Gasteiger partial charge in [-0.2, -0.15) is 9.78 Å². The molecule has 27 heavy (non-hydrogen) atoms. The minimum absolute atomic E-state index is 0.0217. The Morgan fingerprint density at radius 2 is 2.04 bits per heavy atom. The first kappa shape index (κ1) is 17.4. The number of amides is 2. The van der Waals surface area contributed by atoms with Crippen molar-refractivity contribution in [3.8, 4) is 5.95 Å². The van der Waals surface area contributed by atoms with E-state index in [-0.39, 0.29) is 18.5 Å². The van der Waals surface area contributed by atoms with E-state index < -0.39 is 11.4 Å². The van der Waals surface area contributed by atoms with Crippen LogP contribution in [-0.2, 0) is 4.79 Å². The Labute approximate surface area is 156 Å². The quantitative estimate of drug-likeness (QED) is 0.854. The molecule has 0 aromatic carbocycles. The third-order valence-electron chi connectivity index (χ3n) is 5.62. The van der Waals surface area contributed by atoms with E-state index in [9.17, 15) is 14.7 Å². The lowest BCUT2D eigenvalue weighted by atomic mass is 9.81. The summed E-state index contributed by atoms with van der Waals surface area (Å²) in [4.78, 5) is 34.9. The largest absolute Gasteiger partial charge is 0.481 e. The second-order valence-electron chi connectivity index (χ2n) is 7.44. The van der Waals surface area contributed by atoms with Gasteiger partial charge in [-0.15, -0.1) is 0 Å². The van der Waals surface area contributed by atoms with Gasteiger partial charge in [-0.05, 0) is 38.7 Å². The van der Waals surface area contributed by atoms with Crippen LogP contribution < -0.4 is 5.32 Å². The Hall–Kier alpha value is -2.97. The highest BCUT2D eigenvalue weighted by Crippen LogP contribution is 2.48. The van der Waals surface area contributed by atoms with Crippen LogP contribution in [0.2, 0.25) is 0 Å². The van der Waals surface area contributed by atoms with Crippen LogP contribution in [0.3, 0.4) is 0 Å². The molecule has 0 bridgehead atoms. The highest BCUT2D eigenvalue weighted by molar-refractivity contribution is 5.90. The van der Waals surface area contributed by atoms with Crippen molar-refractivity contribution in [2.75, 3.05) is 18.4 Å². The number of urea groups is 1. The molecule has 0 spiro atoms. The number of hydrogen-bond acceptors (Lipinski definition) is 5. The number of fused-ring (bicyclic) bond motifs is 1. The highest BCUT2D eigenvalue weighted by atomic mass is 16.4. The molecule has 2 aliphatic rings. The number of nitrogens with one attached hydrogen (secondary N) is 1. The maximum absolute atomic E-state index is 12.8. The first-order valence-corrected chi connectivity index (χ1v) is 9.05. The van der Waals surface area contributed by atoms with Crippen LogP contribution in [0.15, 0.2) is 18.3 Å². The fourth-order valence-electron chi connectivity index (χ4n) is 4.34. The average Bonchev–Trinajstić information content (AvgIpc) is 3.27. The summed E-state index contributed by atoms with van der Waals surface area (Å²) >= 11 is 0. The topological polar surface area (TPSA) is 113 Å². The van der Waals surface area contributed by atoms with E-state index in [1.165, 1.54) is 4.68 Å². The van der Waals surface area contributed by atoms with Crippen molar-refractivity contribution in [2.45, 2.75) is 33.1 Å². The number of nitrogens with zero attached hydrogens (tertiary/aromatic N) is 5. The van der Waals surface area contributed by atoms with Gasteiger partial charge in [0.2, 0.25) is 0 Å². The second-order valence-corrected chi connectivity index (χ2v) is 7.44. The molecule has 9 heteroatoms. The number of carboxylic acids is 1. The summed E-state index contributed by atoms with van der Waals surface area (Å²) in [6, 6.07) is 3.21. The standard InChI is InChI=1S/C18H22N6O3/c1-11-8-12(2)21-16(20-11)24-14(5-7-19-24)22-17(27)23-9-13-4-3-6-18(13,10-23)15(25)26/h5,7-8,13H,3-4,6,9-10H2,1-2H3,(H,22,27)(H,25,26)/t13-,18+/m0/s1. The molecule has 2 atom stereocenters. The van der Waals surface area contributed by atoms with E-state index in [1.54, 1.807) is 17.2 Å². The zero-order valence-electron chi connectivity index (χ0n) is 15.3. The van der Waals surface area contributed by atoms with Gasteiger partial charge in [0.1, 0.15) is 5.82 Å². The number of aryl methyl sites for hydroxylation is 2. The number of rotatable bonds is 3. The first-order valence-electron chi connectivity index (χ1n) is 9.05. The Balaban J connectivity index is 1.54. The van der Waals surface area contributed by atoms with Gasteiger partial charge in [0.25, 0.3) is 5.95 Å². The molecular formula is C18H22N6O3. The smallest absolute Gasteiger partial charge is 0.323 e.